The Morgan fingerprint density at radius 2 is 2.00 bits per heavy atom. The van der Waals surface area contributed by atoms with Crippen LogP contribution >= 0.6 is 11.3 Å². The lowest BCUT2D eigenvalue weighted by molar-refractivity contribution is -0.274. The van der Waals surface area contributed by atoms with E-state index in [-0.39, 0.29) is 34.8 Å². The third-order valence-corrected chi connectivity index (χ3v) is 4.42. The predicted molar refractivity (Wildman–Crippen MR) is 83.0 cm³/mol. The Morgan fingerprint density at radius 3 is 2.72 bits per heavy atom. The summed E-state index contributed by atoms with van der Waals surface area (Å²) in [6, 6.07) is 5.11. The van der Waals surface area contributed by atoms with Gasteiger partial charge in [-0.15, -0.1) is 13.2 Å². The molecule has 1 aliphatic carbocycles. The van der Waals surface area contributed by atoms with E-state index in [0.717, 1.165) is 17.0 Å². The van der Waals surface area contributed by atoms with E-state index in [0.29, 0.717) is 6.42 Å². The van der Waals surface area contributed by atoms with Gasteiger partial charge >= 0.3 is 6.36 Å². The molecule has 25 heavy (non-hydrogen) atoms. The van der Waals surface area contributed by atoms with Gasteiger partial charge in [0.05, 0.1) is 5.76 Å². The minimum atomic E-state index is -4.78. The Labute approximate surface area is 144 Å². The second-order valence-corrected chi connectivity index (χ2v) is 6.39. The average Bonchev–Trinajstić information content (AvgIpc) is 2.93. The molecule has 1 heterocycles. The zero-order valence-corrected chi connectivity index (χ0v) is 13.4. The molecule has 2 aromatic rings. The zero-order chi connectivity index (χ0) is 18.0. The number of aliphatic hydroxyl groups is 1. The van der Waals surface area contributed by atoms with Gasteiger partial charge in [-0.05, 0) is 12.1 Å². The highest BCUT2D eigenvalue weighted by Gasteiger charge is 2.31. The minimum absolute atomic E-state index is 0.0223. The Bertz CT molecular complexity index is 816. The molecule has 1 aromatic carbocycles. The van der Waals surface area contributed by atoms with E-state index in [1.54, 1.807) is 0 Å². The van der Waals surface area contributed by atoms with Crippen molar-refractivity contribution in [3.8, 4) is 16.7 Å². The number of ketones is 1. The summed E-state index contributed by atoms with van der Waals surface area (Å²) in [5.74, 6) is -0.581. The first-order valence-corrected chi connectivity index (χ1v) is 8.02. The maximum Gasteiger partial charge on any atom is 0.573 e. The van der Waals surface area contributed by atoms with Crippen molar-refractivity contribution in [2.24, 2.45) is 0 Å². The number of alkyl halides is 3. The normalized spacial score (nSPS) is 18.0. The summed E-state index contributed by atoms with van der Waals surface area (Å²) in [6.45, 7) is 0. The smallest absolute Gasteiger partial charge is 0.512 e. The summed E-state index contributed by atoms with van der Waals surface area (Å²) in [6.07, 6.45) is -1.44. The van der Waals surface area contributed by atoms with E-state index in [4.69, 9.17) is 4.74 Å². The fourth-order valence-electron chi connectivity index (χ4n) is 2.41. The van der Waals surface area contributed by atoms with Crippen molar-refractivity contribution in [2.45, 2.75) is 25.1 Å². The maximum atomic E-state index is 12.2. The van der Waals surface area contributed by atoms with Crippen molar-refractivity contribution in [2.75, 3.05) is 0 Å². The first kappa shape index (κ1) is 17.3. The number of thiazole rings is 1. The summed E-state index contributed by atoms with van der Waals surface area (Å²) in [5, 5.41) is 9.79. The van der Waals surface area contributed by atoms with Crippen LogP contribution in [0.1, 0.15) is 23.6 Å². The molecule has 1 N–H and O–H groups in total. The van der Waals surface area contributed by atoms with Crippen LogP contribution in [0.4, 0.5) is 13.2 Å². The van der Waals surface area contributed by atoms with Crippen LogP contribution in [0.2, 0.25) is 0 Å². The summed E-state index contributed by atoms with van der Waals surface area (Å²) in [4.78, 5) is 16.3. The molecule has 0 saturated heterocycles. The topological polar surface area (TPSA) is 68.7 Å². The molecule has 1 atom stereocenters. The fourth-order valence-corrected chi connectivity index (χ4v) is 3.30. The van der Waals surface area contributed by atoms with Crippen molar-refractivity contribution in [3.05, 3.63) is 47.2 Å². The number of aliphatic hydroxyl groups excluding tert-OH is 1. The monoisotopic (exact) mass is 371 g/mol. The van der Waals surface area contributed by atoms with E-state index in [1.165, 1.54) is 35.7 Å². The number of carbonyl (C=O) groups is 1. The Balaban J connectivity index is 1.71. The van der Waals surface area contributed by atoms with Gasteiger partial charge in [0.1, 0.15) is 11.5 Å². The fraction of sp³-hybridized carbons (Fsp3) is 0.250. The van der Waals surface area contributed by atoms with Crippen LogP contribution in [0.25, 0.3) is 0 Å². The number of ether oxygens (including phenoxy) is 2. The Hall–Kier alpha value is -2.55. The first-order valence-electron chi connectivity index (χ1n) is 7.20. The number of nitrogens with zero attached hydrogens (tertiary/aromatic N) is 1. The lowest BCUT2D eigenvalue weighted by Gasteiger charge is -2.16. The van der Waals surface area contributed by atoms with Crippen LogP contribution in [0.15, 0.2) is 42.3 Å². The van der Waals surface area contributed by atoms with Crippen molar-refractivity contribution >= 4 is 17.1 Å². The largest absolute Gasteiger partial charge is 0.573 e. The predicted octanol–water partition coefficient (Wildman–Crippen LogP) is 4.72. The molecule has 5 nitrogen and oxygen atoms in total. The molecule has 132 valence electrons. The van der Waals surface area contributed by atoms with Crippen LogP contribution in [0, 0.1) is 0 Å². The van der Waals surface area contributed by atoms with E-state index in [1.807, 2.05) is 0 Å². The van der Waals surface area contributed by atoms with Crippen LogP contribution in [0.3, 0.4) is 0 Å². The standard InChI is InChI=1S/C16H12F3NO4S/c17-16(18,19)24-13-3-1-2-12(7-13)23-15-20-8-14(25-15)9-4-10(21)6-11(22)5-9/h1-3,6-9,21H,4-5H2. The van der Waals surface area contributed by atoms with E-state index >= 15 is 0 Å². The van der Waals surface area contributed by atoms with Gasteiger partial charge in [0, 0.05) is 42.0 Å². The quantitative estimate of drug-likeness (QED) is 0.842. The lowest BCUT2D eigenvalue weighted by atomic mass is 9.91. The Morgan fingerprint density at radius 1 is 1.24 bits per heavy atom. The summed E-state index contributed by atoms with van der Waals surface area (Å²) in [5.41, 5.74) is 0. The molecule has 0 amide bonds. The molecule has 0 aliphatic heterocycles. The molecular formula is C16H12F3NO4S. The van der Waals surface area contributed by atoms with E-state index < -0.39 is 12.1 Å². The molecule has 0 spiro atoms. The SMILES string of the molecule is O=C1C=C(O)CC(c2cnc(Oc3cccc(OC(F)(F)F)c3)s2)C1. The number of benzene rings is 1. The average molecular weight is 371 g/mol. The number of aromatic nitrogens is 1. The number of halogens is 3. The summed E-state index contributed by atoms with van der Waals surface area (Å²) >= 11 is 1.17. The molecule has 0 saturated carbocycles. The van der Waals surface area contributed by atoms with Gasteiger partial charge in [-0.2, -0.15) is 0 Å². The number of allylic oxidation sites excluding steroid dienone is 2. The van der Waals surface area contributed by atoms with Gasteiger partial charge < -0.3 is 14.6 Å². The van der Waals surface area contributed by atoms with Crippen molar-refractivity contribution in [3.63, 3.8) is 0 Å². The highest BCUT2D eigenvalue weighted by molar-refractivity contribution is 7.13. The third-order valence-electron chi connectivity index (χ3n) is 3.38. The molecular weight excluding hydrogens is 359 g/mol. The van der Waals surface area contributed by atoms with Crippen LogP contribution < -0.4 is 9.47 Å². The van der Waals surface area contributed by atoms with Crippen LogP contribution in [-0.4, -0.2) is 22.2 Å². The van der Waals surface area contributed by atoms with E-state index in [2.05, 4.69) is 9.72 Å². The molecule has 1 aliphatic rings. The van der Waals surface area contributed by atoms with Crippen LogP contribution in [0.5, 0.6) is 16.7 Å². The third kappa shape index (κ3) is 4.72. The number of hydrogen-bond acceptors (Lipinski definition) is 6. The van der Waals surface area contributed by atoms with Gasteiger partial charge in [0.15, 0.2) is 5.78 Å². The van der Waals surface area contributed by atoms with Gasteiger partial charge in [0.25, 0.3) is 5.19 Å². The molecule has 1 unspecified atom stereocenters. The Kier molecular flexibility index (Phi) is 4.67. The van der Waals surface area contributed by atoms with Crippen molar-refractivity contribution in [1.29, 1.82) is 0 Å². The molecule has 0 radical (unpaired) electrons. The van der Waals surface area contributed by atoms with Crippen molar-refractivity contribution in [1.82, 2.24) is 4.98 Å². The lowest BCUT2D eigenvalue weighted by Crippen LogP contribution is -2.16. The molecule has 9 heteroatoms. The number of rotatable bonds is 4. The second kappa shape index (κ2) is 6.75. The molecule has 3 rings (SSSR count). The highest BCUT2D eigenvalue weighted by atomic mass is 32.1. The number of carbonyl (C=O) groups excluding carboxylic acids is 1. The van der Waals surface area contributed by atoms with Gasteiger partial charge in [0.2, 0.25) is 0 Å². The minimum Gasteiger partial charge on any atom is -0.512 e. The maximum absolute atomic E-state index is 12.2. The molecule has 0 bridgehead atoms. The van der Waals surface area contributed by atoms with Gasteiger partial charge in [-0.3, -0.25) is 4.79 Å². The second-order valence-electron chi connectivity index (χ2n) is 5.36. The first-order chi connectivity index (χ1) is 11.8. The highest BCUT2D eigenvalue weighted by Crippen LogP contribution is 2.37. The summed E-state index contributed by atoms with van der Waals surface area (Å²) < 4.78 is 46.0. The van der Waals surface area contributed by atoms with Crippen molar-refractivity contribution < 1.29 is 32.5 Å². The van der Waals surface area contributed by atoms with Gasteiger partial charge in [-0.25, -0.2) is 4.98 Å². The van der Waals surface area contributed by atoms with Gasteiger partial charge in [-0.1, -0.05) is 17.4 Å². The number of hydrogen-bond donors (Lipinski definition) is 1. The van der Waals surface area contributed by atoms with Crippen LogP contribution in [-0.2, 0) is 4.79 Å². The molecule has 1 aromatic heterocycles. The summed E-state index contributed by atoms with van der Waals surface area (Å²) in [7, 11) is 0. The molecule has 0 fully saturated rings. The zero-order valence-electron chi connectivity index (χ0n) is 12.6. The van der Waals surface area contributed by atoms with E-state index in [9.17, 15) is 23.1 Å².